The number of carbonyl (C=O) groups is 1. The summed E-state index contributed by atoms with van der Waals surface area (Å²) in [7, 11) is 2.44. The molecular weight excluding hydrogens is 276 g/mol. The normalized spacial score (nSPS) is 34.1. The second-order valence-corrected chi connectivity index (χ2v) is 7.07. The van der Waals surface area contributed by atoms with E-state index in [2.05, 4.69) is 31.3 Å². The first-order valence-electron chi connectivity index (χ1n) is 7.63. The van der Waals surface area contributed by atoms with Gasteiger partial charge in [-0.2, -0.15) is 0 Å². The summed E-state index contributed by atoms with van der Waals surface area (Å²) >= 11 is 0. The molecule has 0 aliphatic carbocycles. The molecule has 6 heteroatoms. The molecule has 0 aromatic carbocycles. The Balaban J connectivity index is 1.88. The molecule has 4 nitrogen and oxygen atoms in total. The van der Waals surface area contributed by atoms with Crippen LogP contribution < -0.4 is 5.32 Å². The largest absolute Gasteiger partial charge is 0.354 e. The topological polar surface area (TPSA) is 35.6 Å². The van der Waals surface area contributed by atoms with Crippen LogP contribution in [0.3, 0.4) is 0 Å². The number of piperidine rings is 2. The predicted octanol–water partition coefficient (Wildman–Crippen LogP) is 1.22. The van der Waals surface area contributed by atoms with E-state index in [1.54, 1.807) is 6.92 Å². The van der Waals surface area contributed by atoms with Crippen LogP contribution in [0, 0.1) is 0 Å². The Labute approximate surface area is 123 Å². The van der Waals surface area contributed by atoms with Crippen molar-refractivity contribution < 1.29 is 9.18 Å². The minimum atomic E-state index is -1.21. The number of rotatable bonds is 3. The summed E-state index contributed by atoms with van der Waals surface area (Å²) in [5, 5.41) is 1.76. The first-order valence-corrected chi connectivity index (χ1v) is 8.21. The van der Waals surface area contributed by atoms with E-state index in [-0.39, 0.29) is 18.0 Å². The van der Waals surface area contributed by atoms with Crippen LogP contribution in [0.5, 0.6) is 0 Å². The number of nitrogens with zero attached hydrogens (tertiary/aromatic N) is 2. The zero-order valence-corrected chi connectivity index (χ0v) is 13.7. The summed E-state index contributed by atoms with van der Waals surface area (Å²) in [4.78, 5) is 15.5. The van der Waals surface area contributed by atoms with Crippen molar-refractivity contribution in [2.75, 3.05) is 32.7 Å². The average molecular weight is 303 g/mol. The fraction of sp³-hybridized carbons (Fsp3) is 0.929. The number of halogens is 1. The van der Waals surface area contributed by atoms with E-state index in [0.29, 0.717) is 6.54 Å². The highest BCUT2D eigenvalue weighted by Gasteiger charge is 2.43. The molecule has 1 N–H and O–H groups in total. The van der Waals surface area contributed by atoms with Gasteiger partial charge in [0.25, 0.3) is 0 Å². The number of likely N-dealkylation sites (tertiary alicyclic amines) is 2. The van der Waals surface area contributed by atoms with Crippen molar-refractivity contribution in [2.24, 2.45) is 0 Å². The summed E-state index contributed by atoms with van der Waals surface area (Å²) < 4.78 is 14.9. The molecule has 2 fully saturated rings. The minimum Gasteiger partial charge on any atom is -0.354 e. The molecule has 0 aromatic heterocycles. The van der Waals surface area contributed by atoms with E-state index >= 15 is 0 Å². The van der Waals surface area contributed by atoms with E-state index in [9.17, 15) is 9.18 Å². The van der Waals surface area contributed by atoms with Crippen molar-refractivity contribution in [1.82, 2.24) is 15.1 Å². The van der Waals surface area contributed by atoms with Crippen LogP contribution in [0.25, 0.3) is 0 Å². The molecule has 0 spiro atoms. The monoisotopic (exact) mass is 303 g/mol. The van der Waals surface area contributed by atoms with Gasteiger partial charge in [0, 0.05) is 38.6 Å². The van der Waals surface area contributed by atoms with Crippen LogP contribution in [0.15, 0.2) is 0 Å². The highest BCUT2D eigenvalue weighted by atomic mass is 31.0. The predicted molar refractivity (Wildman–Crippen MR) is 82.5 cm³/mol. The lowest BCUT2D eigenvalue weighted by Crippen LogP contribution is -2.59. The van der Waals surface area contributed by atoms with Crippen molar-refractivity contribution in [2.45, 2.75) is 50.6 Å². The second-order valence-electron chi connectivity index (χ2n) is 6.11. The van der Waals surface area contributed by atoms with Gasteiger partial charge in [-0.25, -0.2) is 4.39 Å². The number of hydrogen-bond acceptors (Lipinski definition) is 3. The molecule has 2 aliphatic rings. The number of alkyl halides is 1. The van der Waals surface area contributed by atoms with Crippen molar-refractivity contribution in [1.29, 1.82) is 0 Å². The van der Waals surface area contributed by atoms with E-state index < -0.39 is 5.41 Å². The third-order valence-corrected chi connectivity index (χ3v) is 5.13. The SMILES string of the molecule is CCN1CCC(N2CCC(NC(C)=O)CC2)C(F)(P)C1. The van der Waals surface area contributed by atoms with Crippen molar-refractivity contribution in [3.8, 4) is 0 Å². The minimum absolute atomic E-state index is 0.00595. The van der Waals surface area contributed by atoms with Crippen LogP contribution >= 0.6 is 9.24 Å². The smallest absolute Gasteiger partial charge is 0.217 e. The average Bonchev–Trinajstić information content (AvgIpc) is 2.38. The molecule has 0 saturated carbocycles. The molecule has 116 valence electrons. The summed E-state index contributed by atoms with van der Waals surface area (Å²) in [6.45, 7) is 7.79. The molecule has 0 aromatic rings. The quantitative estimate of drug-likeness (QED) is 0.797. The van der Waals surface area contributed by atoms with Crippen LogP contribution in [-0.4, -0.2) is 65.9 Å². The Hall–Kier alpha value is -0.250. The van der Waals surface area contributed by atoms with Gasteiger partial charge < -0.3 is 5.32 Å². The maximum absolute atomic E-state index is 14.9. The highest BCUT2D eigenvalue weighted by Crippen LogP contribution is 2.36. The lowest BCUT2D eigenvalue weighted by Gasteiger charge is -2.47. The zero-order chi connectivity index (χ0) is 14.8. The molecule has 2 saturated heterocycles. The van der Waals surface area contributed by atoms with Crippen molar-refractivity contribution >= 4 is 15.1 Å². The lowest BCUT2D eigenvalue weighted by atomic mass is 9.96. The van der Waals surface area contributed by atoms with Gasteiger partial charge in [0.05, 0.1) is 0 Å². The van der Waals surface area contributed by atoms with Gasteiger partial charge in [-0.1, -0.05) is 16.2 Å². The zero-order valence-electron chi connectivity index (χ0n) is 12.6. The van der Waals surface area contributed by atoms with E-state index in [1.165, 1.54) is 0 Å². The third-order valence-electron chi connectivity index (χ3n) is 4.56. The molecule has 3 atom stereocenters. The van der Waals surface area contributed by atoms with Crippen LogP contribution in [0.2, 0.25) is 0 Å². The Bertz CT molecular complexity index is 345. The van der Waals surface area contributed by atoms with Gasteiger partial charge in [0.2, 0.25) is 5.91 Å². The van der Waals surface area contributed by atoms with E-state index in [1.807, 2.05) is 0 Å². The first-order chi connectivity index (χ1) is 9.42. The van der Waals surface area contributed by atoms with Gasteiger partial charge in [-0.05, 0) is 32.4 Å². The second kappa shape index (κ2) is 6.67. The van der Waals surface area contributed by atoms with Gasteiger partial charge in [0.15, 0.2) is 5.41 Å². The van der Waals surface area contributed by atoms with E-state index in [4.69, 9.17) is 0 Å². The molecular formula is C14H27FN3OP. The lowest BCUT2D eigenvalue weighted by molar-refractivity contribution is -0.120. The standard InChI is InChI=1S/C14H27FN3OP/c1-3-17-7-6-13(14(15,20)10-17)18-8-4-12(5-9-18)16-11(2)19/h12-13H,3-10,20H2,1-2H3,(H,16,19). The van der Waals surface area contributed by atoms with Crippen molar-refractivity contribution in [3.63, 3.8) is 0 Å². The van der Waals surface area contributed by atoms with Gasteiger partial charge in [-0.3, -0.25) is 14.6 Å². The fourth-order valence-electron chi connectivity index (χ4n) is 3.47. The Morgan fingerprint density at radius 3 is 2.50 bits per heavy atom. The number of amides is 1. The van der Waals surface area contributed by atoms with Crippen LogP contribution in [0.4, 0.5) is 4.39 Å². The number of nitrogens with one attached hydrogen (secondary N) is 1. The molecule has 2 rings (SSSR count). The number of carbonyl (C=O) groups excluding carboxylic acids is 1. The highest BCUT2D eigenvalue weighted by molar-refractivity contribution is 7.18. The van der Waals surface area contributed by atoms with Gasteiger partial charge in [0.1, 0.15) is 0 Å². The number of hydrogen-bond donors (Lipinski definition) is 1. The summed E-state index contributed by atoms with van der Waals surface area (Å²) in [5.41, 5.74) is 0. The fourth-order valence-corrected chi connectivity index (χ4v) is 4.11. The maximum atomic E-state index is 14.9. The van der Waals surface area contributed by atoms with E-state index in [0.717, 1.165) is 45.4 Å². The summed E-state index contributed by atoms with van der Waals surface area (Å²) in [6.07, 6.45) is 2.74. The molecule has 20 heavy (non-hydrogen) atoms. The third kappa shape index (κ3) is 3.90. The summed E-state index contributed by atoms with van der Waals surface area (Å²) in [6, 6.07) is 0.256. The van der Waals surface area contributed by atoms with Crippen LogP contribution in [-0.2, 0) is 4.79 Å². The molecule has 2 aliphatic heterocycles. The van der Waals surface area contributed by atoms with Crippen molar-refractivity contribution in [3.05, 3.63) is 0 Å². The summed E-state index contributed by atoms with van der Waals surface area (Å²) in [5.74, 6) is 0.0330. The van der Waals surface area contributed by atoms with Crippen LogP contribution in [0.1, 0.15) is 33.1 Å². The molecule has 0 bridgehead atoms. The molecule has 1 amide bonds. The maximum Gasteiger partial charge on any atom is 0.217 e. The Morgan fingerprint density at radius 1 is 1.35 bits per heavy atom. The van der Waals surface area contributed by atoms with Gasteiger partial charge >= 0.3 is 0 Å². The van der Waals surface area contributed by atoms with Gasteiger partial charge in [-0.15, -0.1) is 0 Å². The molecule has 3 unspecified atom stereocenters. The molecule has 0 radical (unpaired) electrons. The first kappa shape index (κ1) is 16.1. The Morgan fingerprint density at radius 2 is 2.00 bits per heavy atom. The Kier molecular flexibility index (Phi) is 5.38. The molecule has 2 heterocycles.